The molecule has 2 nitrogen and oxygen atoms in total. The number of benzene rings is 1. The Kier molecular flexibility index (Phi) is 3.10. The van der Waals surface area contributed by atoms with Gasteiger partial charge < -0.3 is 10.6 Å². The number of anilines is 1. The molecule has 94 valence electrons. The Morgan fingerprint density at radius 3 is 3.06 bits per heavy atom. The molecule has 0 atom stereocenters. The van der Waals surface area contributed by atoms with Crippen LogP contribution in [0.5, 0.6) is 0 Å². The molecule has 0 fully saturated rings. The summed E-state index contributed by atoms with van der Waals surface area (Å²) in [7, 11) is 0. The van der Waals surface area contributed by atoms with Gasteiger partial charge >= 0.3 is 0 Å². The predicted octanol–water partition coefficient (Wildman–Crippen LogP) is 3.08. The Bertz CT molecular complexity index is 559. The van der Waals surface area contributed by atoms with Crippen LogP contribution in [0.3, 0.4) is 0 Å². The molecule has 2 heterocycles. The summed E-state index contributed by atoms with van der Waals surface area (Å²) in [6, 6.07) is 8.82. The molecule has 0 spiro atoms. The van der Waals surface area contributed by atoms with Gasteiger partial charge in [-0.25, -0.2) is 0 Å². The largest absolute Gasteiger partial charge is 0.367 e. The van der Waals surface area contributed by atoms with Crippen LogP contribution in [0.15, 0.2) is 29.6 Å². The molecule has 1 aliphatic heterocycles. The molecular weight excluding hydrogens is 240 g/mol. The Morgan fingerprint density at radius 1 is 1.33 bits per heavy atom. The van der Waals surface area contributed by atoms with Crippen LogP contribution in [0.1, 0.15) is 21.6 Å². The van der Waals surface area contributed by atoms with Gasteiger partial charge in [0.15, 0.2) is 0 Å². The van der Waals surface area contributed by atoms with Gasteiger partial charge in [0.25, 0.3) is 0 Å². The summed E-state index contributed by atoms with van der Waals surface area (Å²) in [4.78, 5) is 4.01. The molecule has 1 aromatic carbocycles. The number of fused-ring (bicyclic) bond motifs is 1. The van der Waals surface area contributed by atoms with E-state index in [1.165, 1.54) is 22.4 Å². The minimum Gasteiger partial charge on any atom is -0.367 e. The normalized spacial score (nSPS) is 14.7. The quantitative estimate of drug-likeness (QED) is 0.897. The molecule has 1 aromatic heterocycles. The van der Waals surface area contributed by atoms with Gasteiger partial charge in [-0.15, -0.1) is 11.3 Å². The van der Waals surface area contributed by atoms with E-state index in [9.17, 15) is 0 Å². The van der Waals surface area contributed by atoms with Crippen molar-refractivity contribution in [3.8, 4) is 0 Å². The summed E-state index contributed by atoms with van der Waals surface area (Å²) in [5.41, 5.74) is 11.2. The highest BCUT2D eigenvalue weighted by atomic mass is 32.1. The molecule has 0 saturated carbocycles. The second-order valence-electron chi connectivity index (χ2n) is 4.88. The fourth-order valence-electron chi connectivity index (χ4n) is 2.59. The highest BCUT2D eigenvalue weighted by molar-refractivity contribution is 7.10. The highest BCUT2D eigenvalue weighted by Gasteiger charge is 2.19. The molecule has 3 rings (SSSR count). The zero-order valence-electron chi connectivity index (χ0n) is 10.6. The highest BCUT2D eigenvalue weighted by Crippen LogP contribution is 2.30. The van der Waals surface area contributed by atoms with Crippen molar-refractivity contribution >= 4 is 17.0 Å². The van der Waals surface area contributed by atoms with Crippen LogP contribution in [0.25, 0.3) is 0 Å². The van der Waals surface area contributed by atoms with E-state index in [2.05, 4.69) is 41.5 Å². The lowest BCUT2D eigenvalue weighted by Gasteiger charge is -2.31. The van der Waals surface area contributed by atoms with Gasteiger partial charge in [0.05, 0.1) is 0 Å². The standard InChI is InChI=1S/C15H18N2S/c1-11-2-3-12(9-16)14(8-11)17-6-4-15-13(10-17)5-7-18-15/h2-3,5,7-8H,4,6,9-10,16H2,1H3. The minimum atomic E-state index is 0.614. The van der Waals surface area contributed by atoms with Crippen LogP contribution in [0, 0.1) is 6.92 Å². The maximum absolute atomic E-state index is 5.86. The van der Waals surface area contributed by atoms with Gasteiger partial charge in [-0.2, -0.15) is 0 Å². The fourth-order valence-corrected chi connectivity index (χ4v) is 3.48. The van der Waals surface area contributed by atoms with Crippen molar-refractivity contribution < 1.29 is 0 Å². The second kappa shape index (κ2) is 4.75. The van der Waals surface area contributed by atoms with Crippen LogP contribution in [0.4, 0.5) is 5.69 Å². The summed E-state index contributed by atoms with van der Waals surface area (Å²) in [5, 5.41) is 2.20. The van der Waals surface area contributed by atoms with E-state index in [1.54, 1.807) is 4.88 Å². The van der Waals surface area contributed by atoms with Crippen molar-refractivity contribution in [1.29, 1.82) is 0 Å². The maximum atomic E-state index is 5.86. The first kappa shape index (κ1) is 11.8. The van der Waals surface area contributed by atoms with E-state index < -0.39 is 0 Å². The SMILES string of the molecule is Cc1ccc(CN)c(N2CCc3sccc3C2)c1. The molecule has 0 amide bonds. The van der Waals surface area contributed by atoms with Crippen LogP contribution in [-0.2, 0) is 19.5 Å². The molecule has 2 N–H and O–H groups in total. The molecule has 2 aromatic rings. The third-order valence-corrected chi connectivity index (χ3v) is 4.63. The number of nitrogens with zero attached hydrogens (tertiary/aromatic N) is 1. The van der Waals surface area contributed by atoms with Gasteiger partial charge in [-0.05, 0) is 47.5 Å². The molecule has 1 aliphatic rings. The number of thiophene rings is 1. The molecule has 0 unspecified atom stereocenters. The number of hydrogen-bond donors (Lipinski definition) is 1. The number of hydrogen-bond acceptors (Lipinski definition) is 3. The molecule has 0 aliphatic carbocycles. The van der Waals surface area contributed by atoms with Crippen LogP contribution in [0.2, 0.25) is 0 Å². The van der Waals surface area contributed by atoms with Gasteiger partial charge in [-0.3, -0.25) is 0 Å². The summed E-state index contributed by atoms with van der Waals surface area (Å²) < 4.78 is 0. The zero-order chi connectivity index (χ0) is 12.5. The van der Waals surface area contributed by atoms with E-state index >= 15 is 0 Å². The van der Waals surface area contributed by atoms with Gasteiger partial charge in [-0.1, -0.05) is 12.1 Å². The van der Waals surface area contributed by atoms with E-state index in [-0.39, 0.29) is 0 Å². The van der Waals surface area contributed by atoms with E-state index in [0.29, 0.717) is 6.54 Å². The molecular formula is C15H18N2S. The topological polar surface area (TPSA) is 29.3 Å². The van der Waals surface area contributed by atoms with E-state index in [0.717, 1.165) is 19.5 Å². The van der Waals surface area contributed by atoms with Crippen LogP contribution < -0.4 is 10.6 Å². The number of rotatable bonds is 2. The van der Waals surface area contributed by atoms with Crippen LogP contribution in [-0.4, -0.2) is 6.54 Å². The predicted molar refractivity (Wildman–Crippen MR) is 78.1 cm³/mol. The Labute approximate surface area is 112 Å². The van der Waals surface area contributed by atoms with E-state index in [4.69, 9.17) is 5.73 Å². The lowest BCUT2D eigenvalue weighted by atomic mass is 10.0. The Morgan fingerprint density at radius 2 is 2.22 bits per heavy atom. The molecule has 18 heavy (non-hydrogen) atoms. The zero-order valence-corrected chi connectivity index (χ0v) is 11.5. The monoisotopic (exact) mass is 258 g/mol. The molecule has 3 heteroatoms. The summed E-state index contributed by atoms with van der Waals surface area (Å²) in [5.74, 6) is 0. The van der Waals surface area contributed by atoms with Gasteiger partial charge in [0.1, 0.15) is 0 Å². The van der Waals surface area contributed by atoms with Crippen molar-refractivity contribution in [2.75, 3.05) is 11.4 Å². The molecule has 0 radical (unpaired) electrons. The fraction of sp³-hybridized carbons (Fsp3) is 0.333. The average molecular weight is 258 g/mol. The van der Waals surface area contributed by atoms with Gasteiger partial charge in [0.2, 0.25) is 0 Å². The number of aryl methyl sites for hydroxylation is 1. The van der Waals surface area contributed by atoms with Crippen molar-refractivity contribution in [3.63, 3.8) is 0 Å². The van der Waals surface area contributed by atoms with Crippen molar-refractivity contribution in [3.05, 3.63) is 51.2 Å². The average Bonchev–Trinajstić information content (AvgIpc) is 2.85. The van der Waals surface area contributed by atoms with Crippen LogP contribution >= 0.6 is 11.3 Å². The first-order valence-corrected chi connectivity index (χ1v) is 7.25. The maximum Gasteiger partial charge on any atom is 0.0440 e. The second-order valence-corrected chi connectivity index (χ2v) is 5.88. The summed E-state index contributed by atoms with van der Waals surface area (Å²) >= 11 is 1.88. The lowest BCUT2D eigenvalue weighted by Crippen LogP contribution is -2.30. The van der Waals surface area contributed by atoms with Crippen molar-refractivity contribution in [2.45, 2.75) is 26.4 Å². The van der Waals surface area contributed by atoms with Crippen molar-refractivity contribution in [2.24, 2.45) is 5.73 Å². The summed E-state index contributed by atoms with van der Waals surface area (Å²) in [6.07, 6.45) is 1.16. The number of nitrogens with two attached hydrogens (primary N) is 1. The first-order valence-electron chi connectivity index (χ1n) is 6.37. The van der Waals surface area contributed by atoms with Crippen molar-refractivity contribution in [1.82, 2.24) is 0 Å². The van der Waals surface area contributed by atoms with E-state index in [1.807, 2.05) is 11.3 Å². The minimum absolute atomic E-state index is 0.614. The third kappa shape index (κ3) is 2.04. The Hall–Kier alpha value is -1.32. The third-order valence-electron chi connectivity index (χ3n) is 3.61. The smallest absolute Gasteiger partial charge is 0.0440 e. The summed E-state index contributed by atoms with van der Waals surface area (Å²) in [6.45, 7) is 4.88. The molecule has 0 saturated heterocycles. The van der Waals surface area contributed by atoms with Gasteiger partial charge in [0, 0.05) is 30.2 Å². The molecule has 0 bridgehead atoms. The first-order chi connectivity index (χ1) is 8.78. The lowest BCUT2D eigenvalue weighted by molar-refractivity contribution is 0.738. The Balaban J connectivity index is 1.94.